The highest BCUT2D eigenvalue weighted by Crippen LogP contribution is 2.38. The lowest BCUT2D eigenvalue weighted by Crippen LogP contribution is -2.54. The van der Waals surface area contributed by atoms with Gasteiger partial charge < -0.3 is 15.6 Å². The van der Waals surface area contributed by atoms with Gasteiger partial charge in [-0.3, -0.25) is 14.5 Å². The maximum atomic E-state index is 12.9. The summed E-state index contributed by atoms with van der Waals surface area (Å²) in [5.41, 5.74) is 1.37. The molecule has 1 spiro atoms. The molecule has 148 valence electrons. The summed E-state index contributed by atoms with van der Waals surface area (Å²) in [6.07, 6.45) is 6.18. The van der Waals surface area contributed by atoms with Crippen molar-refractivity contribution < 1.29 is 14.4 Å². The van der Waals surface area contributed by atoms with Crippen molar-refractivity contribution in [1.29, 1.82) is 0 Å². The van der Waals surface area contributed by atoms with E-state index in [4.69, 9.17) is 0 Å². The van der Waals surface area contributed by atoms with Crippen LogP contribution in [0.3, 0.4) is 0 Å². The first-order chi connectivity index (χ1) is 13.5. The molecule has 1 saturated carbocycles. The minimum absolute atomic E-state index is 0.0904. The predicted molar refractivity (Wildman–Crippen MR) is 106 cm³/mol. The molecule has 28 heavy (non-hydrogen) atoms. The number of aromatic nitrogens is 1. The number of aromatic amines is 1. The van der Waals surface area contributed by atoms with Crippen LogP contribution in [0.15, 0.2) is 30.5 Å². The number of carbonyl (C=O) groups is 3. The monoisotopic (exact) mass is 382 g/mol. The zero-order chi connectivity index (χ0) is 19.7. The van der Waals surface area contributed by atoms with Gasteiger partial charge >= 0.3 is 6.03 Å². The van der Waals surface area contributed by atoms with E-state index in [1.165, 1.54) is 0 Å². The van der Waals surface area contributed by atoms with Gasteiger partial charge in [0.05, 0.1) is 0 Å². The Morgan fingerprint density at radius 1 is 1.29 bits per heavy atom. The minimum Gasteiger partial charge on any atom is -0.361 e. The molecule has 2 heterocycles. The van der Waals surface area contributed by atoms with Crippen LogP contribution in [0.4, 0.5) is 4.79 Å². The molecule has 2 aliphatic rings. The van der Waals surface area contributed by atoms with Gasteiger partial charge in [-0.15, -0.1) is 0 Å². The summed E-state index contributed by atoms with van der Waals surface area (Å²) < 4.78 is 0. The van der Waals surface area contributed by atoms with Crippen LogP contribution in [0.25, 0.3) is 10.9 Å². The van der Waals surface area contributed by atoms with Gasteiger partial charge in [0.15, 0.2) is 0 Å². The molecule has 0 unspecified atom stereocenters. The summed E-state index contributed by atoms with van der Waals surface area (Å²) in [6, 6.07) is 7.56. The van der Waals surface area contributed by atoms with Crippen LogP contribution in [0.2, 0.25) is 0 Å². The summed E-state index contributed by atoms with van der Waals surface area (Å²) >= 11 is 0. The largest absolute Gasteiger partial charge is 0.361 e. The molecule has 4 rings (SSSR count). The predicted octanol–water partition coefficient (Wildman–Crippen LogP) is 2.33. The highest BCUT2D eigenvalue weighted by Gasteiger charge is 2.55. The molecule has 7 nitrogen and oxygen atoms in total. The smallest absolute Gasteiger partial charge is 0.325 e. The van der Waals surface area contributed by atoms with Crippen LogP contribution in [-0.2, 0) is 16.0 Å². The number of para-hydroxylation sites is 1. The number of benzene rings is 1. The Bertz CT molecular complexity index is 921. The summed E-state index contributed by atoms with van der Waals surface area (Å²) in [6.45, 7) is 2.22. The van der Waals surface area contributed by atoms with E-state index in [2.05, 4.69) is 15.6 Å². The highest BCUT2D eigenvalue weighted by atomic mass is 16.2. The average Bonchev–Trinajstić information content (AvgIpc) is 3.20. The molecule has 1 aromatic heterocycles. The second-order valence-electron chi connectivity index (χ2n) is 7.90. The number of carbonyl (C=O) groups excluding carboxylic acids is 3. The molecule has 1 saturated heterocycles. The third kappa shape index (κ3) is 3.15. The van der Waals surface area contributed by atoms with Crippen molar-refractivity contribution in [3.05, 3.63) is 36.0 Å². The van der Waals surface area contributed by atoms with Crippen molar-refractivity contribution in [3.63, 3.8) is 0 Å². The molecular weight excluding hydrogens is 356 g/mol. The van der Waals surface area contributed by atoms with Crippen LogP contribution in [0.1, 0.15) is 38.2 Å². The Morgan fingerprint density at radius 3 is 2.93 bits per heavy atom. The molecule has 0 radical (unpaired) electrons. The summed E-state index contributed by atoms with van der Waals surface area (Å²) in [5, 5.41) is 6.84. The lowest BCUT2D eigenvalue weighted by Gasteiger charge is -2.36. The number of hydrogen-bond acceptors (Lipinski definition) is 3. The fourth-order valence-corrected chi connectivity index (χ4v) is 4.51. The van der Waals surface area contributed by atoms with Gasteiger partial charge in [-0.05, 0) is 36.8 Å². The van der Waals surface area contributed by atoms with Gasteiger partial charge in [0.2, 0.25) is 5.91 Å². The standard InChI is InChI=1S/C21H26N4O3/c1-14-6-4-5-10-21(14)19(27)25(20(28)24-21)13-18(26)22-11-9-15-12-23-17-8-3-2-7-16(15)17/h2-3,7-8,12,14,23H,4-6,9-11,13H2,1H3,(H,22,26)(H,24,28)/t14-,21+/m0/s1. The molecule has 3 N–H and O–H groups in total. The van der Waals surface area contributed by atoms with E-state index in [1.54, 1.807) is 0 Å². The van der Waals surface area contributed by atoms with Gasteiger partial charge in [0, 0.05) is 23.6 Å². The number of fused-ring (bicyclic) bond motifs is 1. The fourth-order valence-electron chi connectivity index (χ4n) is 4.51. The number of nitrogens with one attached hydrogen (secondary N) is 3. The summed E-state index contributed by atoms with van der Waals surface area (Å²) in [5.74, 6) is -0.479. The Morgan fingerprint density at radius 2 is 2.11 bits per heavy atom. The second kappa shape index (κ2) is 7.30. The quantitative estimate of drug-likeness (QED) is 0.693. The number of rotatable bonds is 5. The second-order valence-corrected chi connectivity index (χ2v) is 7.90. The van der Waals surface area contributed by atoms with E-state index >= 15 is 0 Å². The van der Waals surface area contributed by atoms with Crippen molar-refractivity contribution >= 4 is 28.7 Å². The van der Waals surface area contributed by atoms with Gasteiger partial charge in [0.25, 0.3) is 5.91 Å². The molecule has 0 bridgehead atoms. The van der Waals surface area contributed by atoms with E-state index in [1.807, 2.05) is 37.4 Å². The molecule has 2 aromatic rings. The van der Waals surface area contributed by atoms with Crippen molar-refractivity contribution in [3.8, 4) is 0 Å². The van der Waals surface area contributed by atoms with E-state index in [0.29, 0.717) is 19.4 Å². The maximum Gasteiger partial charge on any atom is 0.325 e. The molecule has 7 heteroatoms. The third-order valence-corrected chi connectivity index (χ3v) is 6.19. The molecule has 1 aliphatic carbocycles. The van der Waals surface area contributed by atoms with E-state index in [0.717, 1.165) is 40.6 Å². The molecule has 2 atom stereocenters. The van der Waals surface area contributed by atoms with E-state index < -0.39 is 11.6 Å². The molecule has 1 aromatic carbocycles. The van der Waals surface area contributed by atoms with Gasteiger partial charge in [0.1, 0.15) is 12.1 Å². The van der Waals surface area contributed by atoms with Crippen LogP contribution in [0, 0.1) is 5.92 Å². The van der Waals surface area contributed by atoms with Crippen LogP contribution >= 0.6 is 0 Å². The van der Waals surface area contributed by atoms with Crippen LogP contribution in [-0.4, -0.2) is 46.4 Å². The average molecular weight is 382 g/mol. The number of nitrogens with zero attached hydrogens (tertiary/aromatic N) is 1. The van der Waals surface area contributed by atoms with Crippen molar-refractivity contribution in [1.82, 2.24) is 20.5 Å². The summed E-state index contributed by atoms with van der Waals surface area (Å²) in [4.78, 5) is 41.9. The van der Waals surface area contributed by atoms with Gasteiger partial charge in [-0.1, -0.05) is 38.0 Å². The minimum atomic E-state index is -0.820. The SMILES string of the molecule is C[C@H]1CCCC[C@@]12NC(=O)N(CC(=O)NCCc1c[nH]c3ccccc13)C2=O. The lowest BCUT2D eigenvalue weighted by atomic mass is 9.73. The van der Waals surface area contributed by atoms with Crippen molar-refractivity contribution in [2.24, 2.45) is 5.92 Å². The zero-order valence-corrected chi connectivity index (χ0v) is 16.1. The van der Waals surface area contributed by atoms with E-state index in [9.17, 15) is 14.4 Å². The Kier molecular flexibility index (Phi) is 4.83. The van der Waals surface area contributed by atoms with Gasteiger partial charge in [-0.25, -0.2) is 4.79 Å². The van der Waals surface area contributed by atoms with E-state index in [-0.39, 0.29) is 24.3 Å². The number of H-pyrrole nitrogens is 1. The summed E-state index contributed by atoms with van der Waals surface area (Å²) in [7, 11) is 0. The molecule has 2 fully saturated rings. The molecular formula is C21H26N4O3. The number of imide groups is 1. The number of hydrogen-bond donors (Lipinski definition) is 3. The molecule has 1 aliphatic heterocycles. The number of urea groups is 1. The van der Waals surface area contributed by atoms with Crippen LogP contribution in [0.5, 0.6) is 0 Å². The normalized spacial score (nSPS) is 24.8. The zero-order valence-electron chi connectivity index (χ0n) is 16.1. The van der Waals surface area contributed by atoms with Crippen LogP contribution < -0.4 is 10.6 Å². The Balaban J connectivity index is 1.33. The Hall–Kier alpha value is -2.83. The number of amides is 4. The Labute approximate surface area is 163 Å². The first-order valence-corrected chi connectivity index (χ1v) is 9.97. The first-order valence-electron chi connectivity index (χ1n) is 9.97. The third-order valence-electron chi connectivity index (χ3n) is 6.19. The highest BCUT2D eigenvalue weighted by molar-refractivity contribution is 6.09. The van der Waals surface area contributed by atoms with Gasteiger partial charge in [-0.2, -0.15) is 0 Å². The fraction of sp³-hybridized carbons (Fsp3) is 0.476. The maximum absolute atomic E-state index is 12.9. The first kappa shape index (κ1) is 18.5. The van der Waals surface area contributed by atoms with Crippen molar-refractivity contribution in [2.45, 2.75) is 44.6 Å². The molecule has 4 amide bonds. The van der Waals surface area contributed by atoms with Crippen molar-refractivity contribution in [2.75, 3.05) is 13.1 Å². The topological polar surface area (TPSA) is 94.3 Å². The lowest BCUT2D eigenvalue weighted by molar-refractivity contribution is -0.137.